The average Bonchev–Trinajstić information content (AvgIpc) is 2.55. The van der Waals surface area contributed by atoms with Gasteiger partial charge in [0.05, 0.1) is 6.54 Å². The standard InChI is InChI=1S/C19H26N4/c1-4-21-19(23-14-18-8-6-5-7-15(18)2)22-12-10-17-9-11-20-13-16(17)3/h5-9,11,13H,4,10,12,14H2,1-3H3,(H2,21,22,23). The molecule has 0 saturated heterocycles. The molecule has 0 aliphatic rings. The molecule has 122 valence electrons. The molecule has 0 aliphatic carbocycles. The summed E-state index contributed by atoms with van der Waals surface area (Å²) in [5.41, 5.74) is 5.09. The van der Waals surface area contributed by atoms with Crippen molar-refractivity contribution in [1.29, 1.82) is 0 Å². The third kappa shape index (κ3) is 5.40. The first-order valence-corrected chi connectivity index (χ1v) is 8.17. The van der Waals surface area contributed by atoms with Gasteiger partial charge in [0, 0.05) is 25.5 Å². The predicted octanol–water partition coefficient (Wildman–Crippen LogP) is 3.00. The molecule has 2 rings (SSSR count). The summed E-state index contributed by atoms with van der Waals surface area (Å²) in [7, 11) is 0. The fourth-order valence-corrected chi connectivity index (χ4v) is 2.39. The Balaban J connectivity index is 1.92. The molecule has 0 radical (unpaired) electrons. The highest BCUT2D eigenvalue weighted by atomic mass is 15.2. The summed E-state index contributed by atoms with van der Waals surface area (Å²) >= 11 is 0. The molecular formula is C19H26N4. The molecule has 2 N–H and O–H groups in total. The van der Waals surface area contributed by atoms with Gasteiger partial charge in [-0.25, -0.2) is 4.99 Å². The third-order valence-corrected chi connectivity index (χ3v) is 3.84. The molecule has 1 aromatic heterocycles. The van der Waals surface area contributed by atoms with E-state index in [0.717, 1.165) is 25.5 Å². The van der Waals surface area contributed by atoms with Gasteiger partial charge >= 0.3 is 0 Å². The number of nitrogens with zero attached hydrogens (tertiary/aromatic N) is 2. The molecule has 0 atom stereocenters. The van der Waals surface area contributed by atoms with E-state index in [1.54, 1.807) is 0 Å². The quantitative estimate of drug-likeness (QED) is 0.637. The number of aryl methyl sites for hydroxylation is 2. The molecule has 0 fully saturated rings. The molecule has 1 heterocycles. The van der Waals surface area contributed by atoms with E-state index in [1.807, 2.05) is 12.4 Å². The maximum Gasteiger partial charge on any atom is 0.191 e. The maximum absolute atomic E-state index is 4.68. The Morgan fingerprint density at radius 2 is 1.87 bits per heavy atom. The summed E-state index contributed by atoms with van der Waals surface area (Å²) in [5.74, 6) is 0.863. The van der Waals surface area contributed by atoms with E-state index in [4.69, 9.17) is 0 Å². The van der Waals surface area contributed by atoms with Crippen LogP contribution in [0.2, 0.25) is 0 Å². The van der Waals surface area contributed by atoms with Crippen LogP contribution in [0.25, 0.3) is 0 Å². The molecule has 0 amide bonds. The normalized spacial score (nSPS) is 11.3. The lowest BCUT2D eigenvalue weighted by Gasteiger charge is -2.12. The molecule has 0 bridgehead atoms. The molecule has 2 aromatic rings. The second-order valence-corrected chi connectivity index (χ2v) is 5.60. The van der Waals surface area contributed by atoms with Gasteiger partial charge in [0.15, 0.2) is 5.96 Å². The lowest BCUT2D eigenvalue weighted by atomic mass is 10.1. The van der Waals surface area contributed by atoms with Gasteiger partial charge in [0.25, 0.3) is 0 Å². The van der Waals surface area contributed by atoms with Gasteiger partial charge in [-0.1, -0.05) is 24.3 Å². The lowest BCUT2D eigenvalue weighted by Crippen LogP contribution is -2.38. The van der Waals surface area contributed by atoms with E-state index in [9.17, 15) is 0 Å². The Kier molecular flexibility index (Phi) is 6.60. The van der Waals surface area contributed by atoms with Crippen molar-refractivity contribution in [2.45, 2.75) is 33.7 Å². The molecular weight excluding hydrogens is 284 g/mol. The average molecular weight is 310 g/mol. The Morgan fingerprint density at radius 3 is 2.61 bits per heavy atom. The van der Waals surface area contributed by atoms with Crippen LogP contribution < -0.4 is 10.6 Å². The van der Waals surface area contributed by atoms with Crippen LogP contribution in [-0.4, -0.2) is 24.0 Å². The number of nitrogens with one attached hydrogen (secondary N) is 2. The monoisotopic (exact) mass is 310 g/mol. The van der Waals surface area contributed by atoms with Crippen molar-refractivity contribution in [2.75, 3.05) is 13.1 Å². The molecule has 0 spiro atoms. The van der Waals surface area contributed by atoms with Gasteiger partial charge in [-0.05, 0) is 55.5 Å². The summed E-state index contributed by atoms with van der Waals surface area (Å²) in [6.45, 7) is 8.70. The van der Waals surface area contributed by atoms with Crippen molar-refractivity contribution in [2.24, 2.45) is 4.99 Å². The number of hydrogen-bond acceptors (Lipinski definition) is 2. The summed E-state index contributed by atoms with van der Waals surface area (Å²) in [5, 5.41) is 6.70. The van der Waals surface area contributed by atoms with E-state index in [1.165, 1.54) is 22.3 Å². The number of pyridine rings is 1. The zero-order valence-corrected chi connectivity index (χ0v) is 14.3. The highest BCUT2D eigenvalue weighted by molar-refractivity contribution is 5.79. The van der Waals surface area contributed by atoms with Crippen molar-refractivity contribution in [3.8, 4) is 0 Å². The van der Waals surface area contributed by atoms with Crippen molar-refractivity contribution in [3.63, 3.8) is 0 Å². The molecule has 23 heavy (non-hydrogen) atoms. The minimum atomic E-state index is 0.691. The first kappa shape index (κ1) is 17.0. The van der Waals surface area contributed by atoms with Crippen LogP contribution in [0.5, 0.6) is 0 Å². The Hall–Kier alpha value is -2.36. The first-order chi connectivity index (χ1) is 11.2. The number of rotatable bonds is 6. The van der Waals surface area contributed by atoms with E-state index in [0.29, 0.717) is 6.54 Å². The maximum atomic E-state index is 4.68. The van der Waals surface area contributed by atoms with Gasteiger partial charge in [0.2, 0.25) is 0 Å². The van der Waals surface area contributed by atoms with Gasteiger partial charge in [-0.2, -0.15) is 0 Å². The van der Waals surface area contributed by atoms with E-state index >= 15 is 0 Å². The number of hydrogen-bond donors (Lipinski definition) is 2. The van der Waals surface area contributed by atoms with Crippen molar-refractivity contribution in [1.82, 2.24) is 15.6 Å². The Bertz CT molecular complexity index is 649. The van der Waals surface area contributed by atoms with Crippen LogP contribution >= 0.6 is 0 Å². The lowest BCUT2D eigenvalue weighted by molar-refractivity contribution is 0.796. The fraction of sp³-hybridized carbons (Fsp3) is 0.368. The zero-order chi connectivity index (χ0) is 16.5. The van der Waals surface area contributed by atoms with Crippen LogP contribution in [-0.2, 0) is 13.0 Å². The summed E-state index contributed by atoms with van der Waals surface area (Å²) in [4.78, 5) is 8.81. The van der Waals surface area contributed by atoms with Crippen LogP contribution in [0.1, 0.15) is 29.2 Å². The van der Waals surface area contributed by atoms with Crippen LogP contribution in [0.4, 0.5) is 0 Å². The van der Waals surface area contributed by atoms with Crippen LogP contribution in [0.3, 0.4) is 0 Å². The molecule has 4 nitrogen and oxygen atoms in total. The van der Waals surface area contributed by atoms with Crippen molar-refractivity contribution in [3.05, 3.63) is 65.0 Å². The molecule has 4 heteroatoms. The second kappa shape index (κ2) is 8.93. The first-order valence-electron chi connectivity index (χ1n) is 8.17. The van der Waals surface area contributed by atoms with Gasteiger partial charge < -0.3 is 10.6 Å². The SMILES string of the molecule is CCNC(=NCc1ccccc1C)NCCc1ccncc1C. The second-order valence-electron chi connectivity index (χ2n) is 5.60. The van der Waals surface area contributed by atoms with Crippen LogP contribution in [0.15, 0.2) is 47.7 Å². The molecule has 1 aromatic carbocycles. The Labute approximate surface area is 139 Å². The minimum absolute atomic E-state index is 0.691. The number of guanidine groups is 1. The predicted molar refractivity (Wildman–Crippen MR) is 96.7 cm³/mol. The zero-order valence-electron chi connectivity index (χ0n) is 14.3. The summed E-state index contributed by atoms with van der Waals surface area (Å²) < 4.78 is 0. The molecule has 0 saturated carbocycles. The van der Waals surface area contributed by atoms with E-state index in [2.05, 4.69) is 71.7 Å². The largest absolute Gasteiger partial charge is 0.357 e. The summed E-state index contributed by atoms with van der Waals surface area (Å²) in [6, 6.07) is 10.4. The topological polar surface area (TPSA) is 49.3 Å². The van der Waals surface area contributed by atoms with Crippen molar-refractivity contribution < 1.29 is 0 Å². The number of benzene rings is 1. The van der Waals surface area contributed by atoms with E-state index in [-0.39, 0.29) is 0 Å². The van der Waals surface area contributed by atoms with Crippen molar-refractivity contribution >= 4 is 5.96 Å². The molecule has 0 aliphatic heterocycles. The number of aliphatic imine (C=N–C) groups is 1. The highest BCUT2D eigenvalue weighted by Crippen LogP contribution is 2.08. The van der Waals surface area contributed by atoms with Gasteiger partial charge in [-0.15, -0.1) is 0 Å². The van der Waals surface area contributed by atoms with E-state index < -0.39 is 0 Å². The number of aromatic nitrogens is 1. The van der Waals surface area contributed by atoms with Gasteiger partial charge in [0.1, 0.15) is 0 Å². The molecule has 0 unspecified atom stereocenters. The smallest absolute Gasteiger partial charge is 0.191 e. The van der Waals surface area contributed by atoms with Gasteiger partial charge in [-0.3, -0.25) is 4.98 Å². The fourth-order valence-electron chi connectivity index (χ4n) is 2.39. The summed E-state index contributed by atoms with van der Waals surface area (Å²) in [6.07, 6.45) is 4.72. The minimum Gasteiger partial charge on any atom is -0.357 e. The third-order valence-electron chi connectivity index (χ3n) is 3.84. The Morgan fingerprint density at radius 1 is 1.04 bits per heavy atom. The van der Waals surface area contributed by atoms with Crippen LogP contribution in [0, 0.1) is 13.8 Å². The highest BCUT2D eigenvalue weighted by Gasteiger charge is 2.01.